The molecule has 1 heterocycles. The fraction of sp³-hybridized carbons (Fsp3) is 0.375. The molecule has 1 saturated carbocycles. The molecule has 1 aliphatic rings. The number of rotatable bonds is 8. The Morgan fingerprint density at radius 3 is 2.77 bits per heavy atom. The Labute approximate surface area is 164 Å². The summed E-state index contributed by atoms with van der Waals surface area (Å²) in [6.07, 6.45) is 2.33. The SMILES string of the molecule is NC(=O)CCn1c(SCC(=O)Nc2cc(Cl)ccc2Cl)nnc1C1CC1. The number of anilines is 1. The molecule has 2 aromatic rings. The summed E-state index contributed by atoms with van der Waals surface area (Å²) >= 11 is 13.2. The van der Waals surface area contributed by atoms with Crippen LogP contribution in [-0.4, -0.2) is 32.3 Å². The predicted octanol–water partition coefficient (Wildman–Crippen LogP) is 3.07. The molecule has 1 aromatic carbocycles. The zero-order chi connectivity index (χ0) is 18.7. The molecule has 26 heavy (non-hydrogen) atoms. The maximum Gasteiger partial charge on any atom is 0.234 e. The smallest absolute Gasteiger partial charge is 0.234 e. The van der Waals surface area contributed by atoms with Gasteiger partial charge in [0, 0.05) is 23.9 Å². The molecule has 3 rings (SSSR count). The monoisotopic (exact) mass is 413 g/mol. The summed E-state index contributed by atoms with van der Waals surface area (Å²) in [5.74, 6) is 0.736. The molecule has 2 amide bonds. The molecule has 3 N–H and O–H groups in total. The van der Waals surface area contributed by atoms with Crippen LogP contribution in [0.5, 0.6) is 0 Å². The number of thioether (sulfide) groups is 1. The van der Waals surface area contributed by atoms with Crippen LogP contribution in [0.1, 0.15) is 31.0 Å². The molecular weight excluding hydrogens is 397 g/mol. The molecule has 0 radical (unpaired) electrons. The van der Waals surface area contributed by atoms with Gasteiger partial charge in [-0.25, -0.2) is 0 Å². The number of carbonyl (C=O) groups is 2. The average molecular weight is 414 g/mol. The topological polar surface area (TPSA) is 103 Å². The fourth-order valence-corrected chi connectivity index (χ4v) is 3.50. The quantitative estimate of drug-likeness (QED) is 0.647. The van der Waals surface area contributed by atoms with Crippen LogP contribution in [0, 0.1) is 0 Å². The van der Waals surface area contributed by atoms with Crippen LogP contribution in [0.4, 0.5) is 5.69 Å². The Kier molecular flexibility index (Phi) is 6.05. The van der Waals surface area contributed by atoms with E-state index in [2.05, 4.69) is 15.5 Å². The van der Waals surface area contributed by atoms with E-state index in [1.165, 1.54) is 11.8 Å². The van der Waals surface area contributed by atoms with Crippen LogP contribution in [0.25, 0.3) is 0 Å². The van der Waals surface area contributed by atoms with Crippen molar-refractivity contribution in [1.29, 1.82) is 0 Å². The number of amides is 2. The number of hydrogen-bond acceptors (Lipinski definition) is 5. The number of carbonyl (C=O) groups excluding carboxylic acids is 2. The fourth-order valence-electron chi connectivity index (χ4n) is 2.39. The normalized spacial score (nSPS) is 13.6. The predicted molar refractivity (Wildman–Crippen MR) is 102 cm³/mol. The van der Waals surface area contributed by atoms with E-state index in [1.807, 2.05) is 4.57 Å². The molecule has 0 bridgehead atoms. The molecule has 0 atom stereocenters. The highest BCUT2D eigenvalue weighted by molar-refractivity contribution is 7.99. The summed E-state index contributed by atoms with van der Waals surface area (Å²) in [7, 11) is 0. The average Bonchev–Trinajstić information content (AvgIpc) is 3.35. The lowest BCUT2D eigenvalue weighted by molar-refractivity contribution is -0.118. The van der Waals surface area contributed by atoms with Gasteiger partial charge in [0.25, 0.3) is 0 Å². The van der Waals surface area contributed by atoms with Gasteiger partial charge >= 0.3 is 0 Å². The summed E-state index contributed by atoms with van der Waals surface area (Å²) in [6, 6.07) is 4.86. The molecular formula is C16H17Cl2N5O2S. The number of aromatic nitrogens is 3. The van der Waals surface area contributed by atoms with Crippen molar-refractivity contribution in [2.24, 2.45) is 5.73 Å². The number of nitrogens with zero attached hydrogens (tertiary/aromatic N) is 3. The molecule has 0 spiro atoms. The number of halogens is 2. The van der Waals surface area contributed by atoms with Gasteiger partial charge in [-0.2, -0.15) is 0 Å². The van der Waals surface area contributed by atoms with Crippen LogP contribution in [0.3, 0.4) is 0 Å². The molecule has 0 unspecified atom stereocenters. The van der Waals surface area contributed by atoms with E-state index in [0.29, 0.717) is 33.4 Å². The number of nitrogens with two attached hydrogens (primary N) is 1. The number of hydrogen-bond donors (Lipinski definition) is 2. The maximum atomic E-state index is 12.2. The van der Waals surface area contributed by atoms with Gasteiger partial charge in [0.2, 0.25) is 11.8 Å². The van der Waals surface area contributed by atoms with E-state index in [4.69, 9.17) is 28.9 Å². The number of nitrogens with one attached hydrogen (secondary N) is 1. The molecule has 1 aromatic heterocycles. The molecule has 1 fully saturated rings. The Morgan fingerprint density at radius 1 is 1.31 bits per heavy atom. The molecule has 10 heteroatoms. The second-order valence-electron chi connectivity index (χ2n) is 5.94. The van der Waals surface area contributed by atoms with Crippen molar-refractivity contribution in [3.05, 3.63) is 34.1 Å². The van der Waals surface area contributed by atoms with E-state index >= 15 is 0 Å². The Bertz CT molecular complexity index is 838. The highest BCUT2D eigenvalue weighted by atomic mass is 35.5. The minimum absolute atomic E-state index is 0.127. The van der Waals surface area contributed by atoms with Crippen molar-refractivity contribution >= 4 is 52.5 Å². The zero-order valence-corrected chi connectivity index (χ0v) is 16.1. The standard InChI is InChI=1S/C16H17Cl2N5O2S/c17-10-3-4-11(18)12(7-10)20-14(25)8-26-16-22-21-15(9-1-2-9)23(16)6-5-13(19)24/h3-4,7,9H,1-2,5-6,8H2,(H2,19,24)(H,20,25). The van der Waals surface area contributed by atoms with Crippen LogP contribution < -0.4 is 11.1 Å². The molecule has 0 aliphatic heterocycles. The summed E-state index contributed by atoms with van der Waals surface area (Å²) in [5.41, 5.74) is 5.71. The lowest BCUT2D eigenvalue weighted by atomic mass is 10.3. The van der Waals surface area contributed by atoms with Gasteiger partial charge in [0.05, 0.1) is 16.5 Å². The Balaban J connectivity index is 1.64. The van der Waals surface area contributed by atoms with E-state index < -0.39 is 0 Å². The second kappa shape index (κ2) is 8.28. The van der Waals surface area contributed by atoms with Gasteiger partial charge in [-0.15, -0.1) is 10.2 Å². The first-order chi connectivity index (χ1) is 12.4. The number of primary amides is 1. The van der Waals surface area contributed by atoms with Crippen LogP contribution >= 0.6 is 35.0 Å². The lowest BCUT2D eigenvalue weighted by Crippen LogP contribution is -2.17. The molecule has 7 nitrogen and oxygen atoms in total. The summed E-state index contributed by atoms with van der Waals surface area (Å²) in [4.78, 5) is 23.3. The molecule has 138 valence electrons. The second-order valence-corrected chi connectivity index (χ2v) is 7.73. The van der Waals surface area contributed by atoms with Crippen molar-refractivity contribution in [3.63, 3.8) is 0 Å². The third-order valence-corrected chi connectivity index (χ3v) is 5.34. The van der Waals surface area contributed by atoms with Gasteiger partial charge < -0.3 is 15.6 Å². The van der Waals surface area contributed by atoms with E-state index in [0.717, 1.165) is 18.7 Å². The van der Waals surface area contributed by atoms with Crippen molar-refractivity contribution in [1.82, 2.24) is 14.8 Å². The third-order valence-electron chi connectivity index (χ3n) is 3.80. The van der Waals surface area contributed by atoms with Crippen LogP contribution in [-0.2, 0) is 16.1 Å². The third kappa shape index (κ3) is 4.90. The Hall–Kier alpha value is -1.77. The van der Waals surface area contributed by atoms with Crippen molar-refractivity contribution in [2.45, 2.75) is 36.9 Å². The minimum atomic E-state index is -0.385. The van der Waals surface area contributed by atoms with Gasteiger partial charge in [-0.05, 0) is 31.0 Å². The first kappa shape index (κ1) is 19.0. The van der Waals surface area contributed by atoms with Crippen LogP contribution in [0.2, 0.25) is 10.0 Å². The van der Waals surface area contributed by atoms with E-state index in [-0.39, 0.29) is 24.0 Å². The Morgan fingerprint density at radius 2 is 2.08 bits per heavy atom. The van der Waals surface area contributed by atoms with Crippen molar-refractivity contribution in [2.75, 3.05) is 11.1 Å². The zero-order valence-electron chi connectivity index (χ0n) is 13.7. The molecule has 0 saturated heterocycles. The largest absolute Gasteiger partial charge is 0.370 e. The van der Waals surface area contributed by atoms with Crippen LogP contribution in [0.15, 0.2) is 23.4 Å². The molecule has 1 aliphatic carbocycles. The van der Waals surface area contributed by atoms with E-state index in [1.54, 1.807) is 18.2 Å². The van der Waals surface area contributed by atoms with Gasteiger partial charge in [0.15, 0.2) is 5.16 Å². The van der Waals surface area contributed by atoms with Gasteiger partial charge in [-0.3, -0.25) is 9.59 Å². The highest BCUT2D eigenvalue weighted by Gasteiger charge is 2.30. The first-order valence-corrected chi connectivity index (χ1v) is 9.77. The minimum Gasteiger partial charge on any atom is -0.370 e. The van der Waals surface area contributed by atoms with Crippen molar-refractivity contribution in [3.8, 4) is 0 Å². The lowest BCUT2D eigenvalue weighted by Gasteiger charge is -2.09. The highest BCUT2D eigenvalue weighted by Crippen LogP contribution is 2.40. The summed E-state index contributed by atoms with van der Waals surface area (Å²) in [5, 5.41) is 12.6. The number of benzene rings is 1. The summed E-state index contributed by atoms with van der Waals surface area (Å²) in [6.45, 7) is 0.415. The van der Waals surface area contributed by atoms with E-state index in [9.17, 15) is 9.59 Å². The van der Waals surface area contributed by atoms with Crippen molar-refractivity contribution < 1.29 is 9.59 Å². The van der Waals surface area contributed by atoms with Gasteiger partial charge in [0.1, 0.15) is 5.82 Å². The summed E-state index contributed by atoms with van der Waals surface area (Å²) < 4.78 is 1.88. The van der Waals surface area contributed by atoms with Gasteiger partial charge in [-0.1, -0.05) is 35.0 Å². The maximum absolute atomic E-state index is 12.2. The first-order valence-electron chi connectivity index (χ1n) is 8.03.